The van der Waals surface area contributed by atoms with Crippen LogP contribution in [0.25, 0.3) is 0 Å². The molecule has 3 unspecified atom stereocenters. The molecular weight excluding hydrogens is 298 g/mol. The Balaban J connectivity index is 1.53. The van der Waals surface area contributed by atoms with Crippen molar-refractivity contribution in [2.75, 3.05) is 33.7 Å². The predicted molar refractivity (Wildman–Crippen MR) is 81.7 cm³/mol. The van der Waals surface area contributed by atoms with Gasteiger partial charge < -0.3 is 23.8 Å². The number of methoxy groups -OCH3 is 1. The van der Waals surface area contributed by atoms with Crippen LogP contribution < -0.4 is 9.47 Å². The molecule has 0 bridgehead atoms. The van der Waals surface area contributed by atoms with Crippen molar-refractivity contribution in [1.82, 2.24) is 4.90 Å². The molecule has 6 nitrogen and oxygen atoms in total. The van der Waals surface area contributed by atoms with Crippen LogP contribution in [0.1, 0.15) is 23.2 Å². The molecule has 4 rings (SSSR count). The van der Waals surface area contributed by atoms with Gasteiger partial charge >= 0.3 is 0 Å². The first-order valence-corrected chi connectivity index (χ1v) is 8.07. The molecule has 2 fully saturated rings. The molecule has 23 heavy (non-hydrogen) atoms. The molecule has 0 N–H and O–H groups in total. The van der Waals surface area contributed by atoms with E-state index in [0.29, 0.717) is 36.1 Å². The van der Waals surface area contributed by atoms with Gasteiger partial charge in [0.1, 0.15) is 0 Å². The maximum absolute atomic E-state index is 12.9. The number of carbonyl (C=O) groups excluding carboxylic acids is 1. The topological polar surface area (TPSA) is 57.2 Å². The quantitative estimate of drug-likeness (QED) is 0.848. The average Bonchev–Trinajstić information content (AvgIpc) is 3.19. The monoisotopic (exact) mass is 319 g/mol. The summed E-state index contributed by atoms with van der Waals surface area (Å²) in [6.45, 7) is 2.17. The largest absolute Gasteiger partial charge is 0.454 e. The molecule has 124 valence electrons. The SMILES string of the molecule is COCC1CC2OCCN(C(=O)c3ccc4c(c3)OCO4)C2C1. The summed E-state index contributed by atoms with van der Waals surface area (Å²) in [5.41, 5.74) is 0.644. The zero-order valence-corrected chi connectivity index (χ0v) is 13.2. The van der Waals surface area contributed by atoms with Gasteiger partial charge in [0.05, 0.1) is 18.8 Å². The molecule has 1 aliphatic carbocycles. The van der Waals surface area contributed by atoms with E-state index in [1.807, 2.05) is 11.0 Å². The number of hydrogen-bond acceptors (Lipinski definition) is 5. The Hall–Kier alpha value is -1.79. The molecule has 2 heterocycles. The van der Waals surface area contributed by atoms with Gasteiger partial charge in [-0.25, -0.2) is 0 Å². The number of fused-ring (bicyclic) bond motifs is 2. The number of morpholine rings is 1. The van der Waals surface area contributed by atoms with Crippen LogP contribution in [0.2, 0.25) is 0 Å². The van der Waals surface area contributed by atoms with Gasteiger partial charge in [0.15, 0.2) is 11.5 Å². The summed E-state index contributed by atoms with van der Waals surface area (Å²) in [4.78, 5) is 14.9. The van der Waals surface area contributed by atoms with Crippen LogP contribution in [0, 0.1) is 5.92 Å². The molecule has 0 aromatic heterocycles. The second-order valence-electron chi connectivity index (χ2n) is 6.34. The Bertz CT molecular complexity index is 605. The predicted octanol–water partition coefficient (Wildman–Crippen LogP) is 1.68. The first kappa shape index (κ1) is 14.8. The number of benzene rings is 1. The Morgan fingerprint density at radius 3 is 3.04 bits per heavy atom. The molecule has 1 aromatic carbocycles. The van der Waals surface area contributed by atoms with E-state index in [1.165, 1.54) is 0 Å². The van der Waals surface area contributed by atoms with E-state index in [0.717, 1.165) is 19.4 Å². The maximum Gasteiger partial charge on any atom is 0.254 e. The molecule has 1 saturated heterocycles. The summed E-state index contributed by atoms with van der Waals surface area (Å²) in [7, 11) is 1.72. The average molecular weight is 319 g/mol. The van der Waals surface area contributed by atoms with E-state index < -0.39 is 0 Å². The second kappa shape index (κ2) is 6.02. The molecular formula is C17H21NO5. The van der Waals surface area contributed by atoms with E-state index in [1.54, 1.807) is 19.2 Å². The molecule has 1 amide bonds. The van der Waals surface area contributed by atoms with Crippen LogP contribution in [0.15, 0.2) is 18.2 Å². The molecule has 1 saturated carbocycles. The lowest BCUT2D eigenvalue weighted by Gasteiger charge is -2.37. The zero-order chi connectivity index (χ0) is 15.8. The summed E-state index contributed by atoms with van der Waals surface area (Å²) in [5, 5.41) is 0. The highest BCUT2D eigenvalue weighted by atomic mass is 16.7. The first-order valence-electron chi connectivity index (χ1n) is 8.07. The van der Waals surface area contributed by atoms with Gasteiger partial charge in [0, 0.05) is 25.8 Å². The van der Waals surface area contributed by atoms with Crippen LogP contribution in [-0.2, 0) is 9.47 Å². The van der Waals surface area contributed by atoms with Crippen LogP contribution in [0.3, 0.4) is 0 Å². The van der Waals surface area contributed by atoms with Crippen LogP contribution in [-0.4, -0.2) is 56.6 Å². The highest BCUT2D eigenvalue weighted by Gasteiger charge is 2.43. The van der Waals surface area contributed by atoms with Crippen molar-refractivity contribution >= 4 is 5.91 Å². The zero-order valence-electron chi connectivity index (χ0n) is 13.2. The molecule has 2 aliphatic heterocycles. The third-order valence-corrected chi connectivity index (χ3v) is 4.92. The van der Waals surface area contributed by atoms with Crippen molar-refractivity contribution in [2.45, 2.75) is 25.0 Å². The van der Waals surface area contributed by atoms with Crippen molar-refractivity contribution < 1.29 is 23.7 Å². The third kappa shape index (κ3) is 2.66. The Kier molecular flexibility index (Phi) is 3.87. The molecule has 6 heteroatoms. The number of carbonyl (C=O) groups is 1. The molecule has 3 atom stereocenters. The van der Waals surface area contributed by atoms with Crippen LogP contribution >= 0.6 is 0 Å². The minimum Gasteiger partial charge on any atom is -0.454 e. The number of nitrogens with zero attached hydrogens (tertiary/aromatic N) is 1. The second-order valence-corrected chi connectivity index (χ2v) is 6.34. The minimum atomic E-state index is 0.0414. The number of hydrogen-bond donors (Lipinski definition) is 0. The summed E-state index contributed by atoms with van der Waals surface area (Å²) >= 11 is 0. The van der Waals surface area contributed by atoms with E-state index in [2.05, 4.69) is 0 Å². The molecule has 3 aliphatic rings. The van der Waals surface area contributed by atoms with Crippen molar-refractivity contribution in [2.24, 2.45) is 5.92 Å². The minimum absolute atomic E-state index is 0.0414. The normalized spacial score (nSPS) is 28.7. The van der Waals surface area contributed by atoms with Gasteiger partial charge in [0.2, 0.25) is 6.79 Å². The van der Waals surface area contributed by atoms with Gasteiger partial charge in [-0.2, -0.15) is 0 Å². The molecule has 0 spiro atoms. The molecule has 0 radical (unpaired) electrons. The lowest BCUT2D eigenvalue weighted by atomic mass is 10.1. The van der Waals surface area contributed by atoms with E-state index >= 15 is 0 Å². The lowest BCUT2D eigenvalue weighted by molar-refractivity contribution is -0.0449. The third-order valence-electron chi connectivity index (χ3n) is 4.92. The van der Waals surface area contributed by atoms with Crippen molar-refractivity contribution in [3.8, 4) is 11.5 Å². The fraction of sp³-hybridized carbons (Fsp3) is 0.588. The van der Waals surface area contributed by atoms with Crippen molar-refractivity contribution in [3.05, 3.63) is 23.8 Å². The highest BCUT2D eigenvalue weighted by molar-refractivity contribution is 5.95. The standard InChI is InChI=1S/C17H21NO5/c1-20-9-11-6-13-15(7-11)21-5-4-18(13)17(19)12-2-3-14-16(8-12)23-10-22-14/h2-3,8,11,13,15H,4-7,9-10H2,1H3. The lowest BCUT2D eigenvalue weighted by Crippen LogP contribution is -2.51. The van der Waals surface area contributed by atoms with Crippen molar-refractivity contribution in [1.29, 1.82) is 0 Å². The van der Waals surface area contributed by atoms with Gasteiger partial charge in [-0.3, -0.25) is 4.79 Å². The van der Waals surface area contributed by atoms with Gasteiger partial charge in [-0.15, -0.1) is 0 Å². The van der Waals surface area contributed by atoms with E-state index in [4.69, 9.17) is 18.9 Å². The fourth-order valence-corrected chi connectivity index (χ4v) is 3.87. The van der Waals surface area contributed by atoms with Gasteiger partial charge in [0.25, 0.3) is 5.91 Å². The summed E-state index contributed by atoms with van der Waals surface area (Å²) in [5.74, 6) is 1.84. The highest BCUT2D eigenvalue weighted by Crippen LogP contribution is 2.37. The van der Waals surface area contributed by atoms with Gasteiger partial charge in [-0.1, -0.05) is 0 Å². The Morgan fingerprint density at radius 1 is 1.30 bits per heavy atom. The fourth-order valence-electron chi connectivity index (χ4n) is 3.87. The van der Waals surface area contributed by atoms with Crippen LogP contribution in [0.4, 0.5) is 0 Å². The summed E-state index contributed by atoms with van der Waals surface area (Å²) in [6.07, 6.45) is 2.03. The van der Waals surface area contributed by atoms with Gasteiger partial charge in [-0.05, 0) is 37.0 Å². The number of amides is 1. The first-order chi connectivity index (χ1) is 11.3. The number of rotatable bonds is 3. The summed E-state index contributed by atoms with van der Waals surface area (Å²) in [6, 6.07) is 5.52. The number of ether oxygens (including phenoxy) is 4. The van der Waals surface area contributed by atoms with E-state index in [-0.39, 0.29) is 24.8 Å². The van der Waals surface area contributed by atoms with Crippen molar-refractivity contribution in [3.63, 3.8) is 0 Å². The van der Waals surface area contributed by atoms with Crippen LogP contribution in [0.5, 0.6) is 11.5 Å². The maximum atomic E-state index is 12.9. The Labute approximate surface area is 135 Å². The molecule has 1 aromatic rings. The summed E-state index contributed by atoms with van der Waals surface area (Å²) < 4.78 is 21.8. The smallest absolute Gasteiger partial charge is 0.254 e. The van der Waals surface area contributed by atoms with E-state index in [9.17, 15) is 4.79 Å². The Morgan fingerprint density at radius 2 is 2.17 bits per heavy atom.